The molecule has 0 bridgehead atoms. The van der Waals surface area contributed by atoms with Crippen LogP contribution in [0.1, 0.15) is 41.9 Å². The fraction of sp³-hybridized carbons (Fsp3) is 0.407. The maximum absolute atomic E-state index is 13.5. The van der Waals surface area contributed by atoms with Crippen LogP contribution in [0.5, 0.6) is 5.75 Å². The fourth-order valence-electron chi connectivity index (χ4n) is 5.06. The monoisotopic (exact) mass is 429 g/mol. The van der Waals surface area contributed by atoms with Gasteiger partial charge in [0.15, 0.2) is 0 Å². The minimum atomic E-state index is -0.316. The Morgan fingerprint density at radius 3 is 2.56 bits per heavy atom. The summed E-state index contributed by atoms with van der Waals surface area (Å²) in [5.41, 5.74) is 3.28. The second-order valence-corrected chi connectivity index (χ2v) is 9.31. The van der Waals surface area contributed by atoms with Crippen LogP contribution in [0.4, 0.5) is 0 Å². The van der Waals surface area contributed by atoms with Crippen molar-refractivity contribution in [1.29, 1.82) is 0 Å². The third-order valence-electron chi connectivity index (χ3n) is 7.17. The van der Waals surface area contributed by atoms with Crippen LogP contribution in [0.2, 0.25) is 0 Å². The van der Waals surface area contributed by atoms with Gasteiger partial charge in [-0.3, -0.25) is 4.79 Å². The van der Waals surface area contributed by atoms with Crippen LogP contribution < -0.4 is 4.74 Å². The van der Waals surface area contributed by atoms with E-state index in [1.165, 1.54) is 11.3 Å². The standard InChI is InChI=1S/C27H31N3O2/c1-20-17-28-25(30(20)19-21-6-4-3-5-7-21)16-22-12-15-29(18-22)26(31)27(13-14-27)23-8-10-24(32-2)11-9-23/h3-11,17,22H,12-16,18-19H2,1-2H3. The second-order valence-electron chi connectivity index (χ2n) is 9.31. The van der Waals surface area contributed by atoms with Crippen molar-refractivity contribution < 1.29 is 9.53 Å². The van der Waals surface area contributed by atoms with Crippen LogP contribution in [0.25, 0.3) is 0 Å². The van der Waals surface area contributed by atoms with E-state index in [0.29, 0.717) is 11.8 Å². The van der Waals surface area contributed by atoms with Crippen molar-refractivity contribution in [2.75, 3.05) is 20.2 Å². The smallest absolute Gasteiger partial charge is 0.233 e. The van der Waals surface area contributed by atoms with E-state index in [2.05, 4.69) is 52.8 Å². The number of aryl methyl sites for hydroxylation is 1. The molecule has 2 aromatic carbocycles. The lowest BCUT2D eigenvalue weighted by Crippen LogP contribution is -2.38. The minimum Gasteiger partial charge on any atom is -0.497 e. The highest BCUT2D eigenvalue weighted by atomic mass is 16.5. The van der Waals surface area contributed by atoms with Crippen LogP contribution in [0.15, 0.2) is 60.8 Å². The molecule has 1 unspecified atom stereocenters. The molecule has 5 heteroatoms. The molecule has 1 aliphatic carbocycles. The third kappa shape index (κ3) is 3.92. The van der Waals surface area contributed by atoms with Crippen LogP contribution in [-0.4, -0.2) is 40.6 Å². The number of hydrogen-bond acceptors (Lipinski definition) is 3. The van der Waals surface area contributed by atoms with Crippen LogP contribution >= 0.6 is 0 Å². The molecule has 1 atom stereocenters. The van der Waals surface area contributed by atoms with Crippen LogP contribution in [0.3, 0.4) is 0 Å². The summed E-state index contributed by atoms with van der Waals surface area (Å²) in [6.07, 6.45) is 5.82. The molecule has 166 valence electrons. The van der Waals surface area contributed by atoms with Gasteiger partial charge in [-0.05, 0) is 55.4 Å². The van der Waals surface area contributed by atoms with Crippen molar-refractivity contribution >= 4 is 5.91 Å². The summed E-state index contributed by atoms with van der Waals surface area (Å²) in [4.78, 5) is 20.3. The normalized spacial score (nSPS) is 19.2. The first-order chi connectivity index (χ1) is 15.6. The Morgan fingerprint density at radius 1 is 1.12 bits per heavy atom. The molecule has 1 aromatic heterocycles. The number of likely N-dealkylation sites (tertiary alicyclic amines) is 1. The number of rotatable bonds is 7. The van der Waals surface area contributed by atoms with Crippen LogP contribution in [-0.2, 0) is 23.2 Å². The summed E-state index contributed by atoms with van der Waals surface area (Å²) in [7, 11) is 1.67. The maximum Gasteiger partial charge on any atom is 0.233 e. The van der Waals surface area contributed by atoms with Gasteiger partial charge < -0.3 is 14.2 Å². The van der Waals surface area contributed by atoms with Gasteiger partial charge in [0, 0.05) is 37.9 Å². The average molecular weight is 430 g/mol. The van der Waals surface area contributed by atoms with Crippen molar-refractivity contribution in [1.82, 2.24) is 14.5 Å². The number of carbonyl (C=O) groups excluding carboxylic acids is 1. The topological polar surface area (TPSA) is 47.4 Å². The van der Waals surface area contributed by atoms with E-state index in [9.17, 15) is 4.79 Å². The molecule has 5 nitrogen and oxygen atoms in total. The molecule has 32 heavy (non-hydrogen) atoms. The van der Waals surface area contributed by atoms with Crippen LogP contribution in [0, 0.1) is 12.8 Å². The van der Waals surface area contributed by atoms with E-state index in [0.717, 1.165) is 62.5 Å². The molecule has 5 rings (SSSR count). The van der Waals surface area contributed by atoms with Gasteiger partial charge in [-0.25, -0.2) is 4.98 Å². The summed E-state index contributed by atoms with van der Waals surface area (Å²) in [6.45, 7) is 4.64. The highest BCUT2D eigenvalue weighted by Crippen LogP contribution is 2.50. The lowest BCUT2D eigenvalue weighted by atomic mass is 9.94. The number of imidazole rings is 1. The predicted molar refractivity (Wildman–Crippen MR) is 125 cm³/mol. The van der Waals surface area contributed by atoms with Crippen molar-refractivity contribution in [3.8, 4) is 5.75 Å². The van der Waals surface area contributed by atoms with E-state index in [-0.39, 0.29) is 5.41 Å². The molecule has 0 spiro atoms. The minimum absolute atomic E-state index is 0.300. The highest BCUT2D eigenvalue weighted by Gasteiger charge is 2.53. The molecule has 2 heterocycles. The number of methoxy groups -OCH3 is 1. The molecule has 2 aliphatic rings. The Balaban J connectivity index is 1.25. The fourth-order valence-corrected chi connectivity index (χ4v) is 5.06. The molecule has 3 aromatic rings. The first-order valence-corrected chi connectivity index (χ1v) is 11.6. The molecule has 1 saturated heterocycles. The molecule has 0 radical (unpaired) electrons. The Hall–Kier alpha value is -3.08. The molecule has 1 saturated carbocycles. The number of hydrogen-bond donors (Lipinski definition) is 0. The molecule has 1 amide bonds. The molecular weight excluding hydrogens is 398 g/mol. The first kappa shape index (κ1) is 20.8. The van der Waals surface area contributed by atoms with E-state index in [1.54, 1.807) is 7.11 Å². The molecule has 0 N–H and O–H groups in total. The van der Waals surface area contributed by atoms with Gasteiger partial charge in [0.1, 0.15) is 11.6 Å². The lowest BCUT2D eigenvalue weighted by Gasteiger charge is -2.24. The lowest BCUT2D eigenvalue weighted by molar-refractivity contribution is -0.133. The quantitative estimate of drug-likeness (QED) is 0.560. The summed E-state index contributed by atoms with van der Waals surface area (Å²) in [6, 6.07) is 18.6. The first-order valence-electron chi connectivity index (χ1n) is 11.6. The number of ether oxygens (including phenoxy) is 1. The van der Waals surface area contributed by atoms with E-state index in [1.807, 2.05) is 24.4 Å². The van der Waals surface area contributed by atoms with Crippen molar-refractivity contribution in [2.24, 2.45) is 5.92 Å². The Morgan fingerprint density at radius 2 is 1.88 bits per heavy atom. The van der Waals surface area contributed by atoms with Gasteiger partial charge >= 0.3 is 0 Å². The summed E-state index contributed by atoms with van der Waals surface area (Å²) < 4.78 is 7.60. The molecular formula is C27H31N3O2. The van der Waals surface area contributed by atoms with E-state index < -0.39 is 0 Å². The van der Waals surface area contributed by atoms with Crippen molar-refractivity contribution in [3.05, 3.63) is 83.4 Å². The Bertz CT molecular complexity index is 1080. The van der Waals surface area contributed by atoms with Gasteiger partial charge in [0.25, 0.3) is 0 Å². The summed E-state index contributed by atoms with van der Waals surface area (Å²) in [5, 5.41) is 0. The zero-order chi connectivity index (χ0) is 22.1. The van der Waals surface area contributed by atoms with Crippen molar-refractivity contribution in [2.45, 2.75) is 44.6 Å². The third-order valence-corrected chi connectivity index (χ3v) is 7.17. The molecule has 1 aliphatic heterocycles. The zero-order valence-corrected chi connectivity index (χ0v) is 19.0. The molecule has 2 fully saturated rings. The van der Waals surface area contributed by atoms with Crippen molar-refractivity contribution in [3.63, 3.8) is 0 Å². The maximum atomic E-state index is 13.5. The zero-order valence-electron chi connectivity index (χ0n) is 19.0. The summed E-state index contributed by atoms with van der Waals surface area (Å²) >= 11 is 0. The SMILES string of the molecule is COc1ccc(C2(C(=O)N3CCC(Cc4ncc(C)n4Cc4ccccc4)C3)CC2)cc1. The summed E-state index contributed by atoms with van der Waals surface area (Å²) in [5.74, 6) is 2.72. The highest BCUT2D eigenvalue weighted by molar-refractivity contribution is 5.91. The average Bonchev–Trinajstić information content (AvgIpc) is 3.40. The largest absolute Gasteiger partial charge is 0.497 e. The van der Waals surface area contributed by atoms with Gasteiger partial charge in [-0.15, -0.1) is 0 Å². The van der Waals surface area contributed by atoms with Gasteiger partial charge in [0.2, 0.25) is 5.91 Å². The second kappa shape index (κ2) is 8.45. The predicted octanol–water partition coefficient (Wildman–Crippen LogP) is 4.37. The van der Waals surface area contributed by atoms with Gasteiger partial charge in [-0.1, -0.05) is 42.5 Å². The number of aromatic nitrogens is 2. The number of nitrogens with zero attached hydrogens (tertiary/aromatic N) is 3. The number of carbonyl (C=O) groups is 1. The van der Waals surface area contributed by atoms with E-state index in [4.69, 9.17) is 9.72 Å². The van der Waals surface area contributed by atoms with E-state index >= 15 is 0 Å². The van der Waals surface area contributed by atoms with Gasteiger partial charge in [0.05, 0.1) is 12.5 Å². The number of amides is 1. The van der Waals surface area contributed by atoms with Gasteiger partial charge in [-0.2, -0.15) is 0 Å². The Kier molecular flexibility index (Phi) is 5.50. The number of benzene rings is 2. The Labute approximate surface area is 190 Å².